The molecule has 0 bridgehead atoms. The largest absolute Gasteiger partial charge is 0.492 e. The molecule has 0 spiro atoms. The predicted octanol–water partition coefficient (Wildman–Crippen LogP) is 2.25. The molecule has 1 aromatic carbocycles. The number of halogens is 1. The van der Waals surface area contributed by atoms with Gasteiger partial charge in [0.1, 0.15) is 18.7 Å². The van der Waals surface area contributed by atoms with Crippen LogP contribution in [0.3, 0.4) is 0 Å². The van der Waals surface area contributed by atoms with Crippen molar-refractivity contribution in [2.24, 2.45) is 0 Å². The lowest BCUT2D eigenvalue weighted by atomic mass is 10.3. The van der Waals surface area contributed by atoms with E-state index in [1.165, 1.54) is 6.33 Å². The molecule has 3 N–H and O–H groups in total. The highest BCUT2D eigenvalue weighted by Crippen LogP contribution is 2.15. The number of aryl methyl sites for hydroxylation is 1. The van der Waals surface area contributed by atoms with Crippen LogP contribution in [0.1, 0.15) is 12.6 Å². The van der Waals surface area contributed by atoms with Crippen molar-refractivity contribution in [1.29, 1.82) is 0 Å². The third kappa shape index (κ3) is 3.57. The van der Waals surface area contributed by atoms with Gasteiger partial charge in [-0.25, -0.2) is 14.4 Å². The Morgan fingerprint density at radius 3 is 2.95 bits per heavy atom. The first kappa shape index (κ1) is 14.0. The molecule has 0 atom stereocenters. The number of aromatic nitrogens is 2. The topological polar surface area (TPSA) is 73.1 Å². The number of nitrogens with zero attached hydrogens (tertiary/aromatic N) is 2. The van der Waals surface area contributed by atoms with Crippen LogP contribution in [0.5, 0.6) is 5.75 Å². The molecular formula is C14H17FN4O. The first-order valence-corrected chi connectivity index (χ1v) is 6.42. The van der Waals surface area contributed by atoms with Crippen molar-refractivity contribution in [3.05, 3.63) is 42.1 Å². The summed E-state index contributed by atoms with van der Waals surface area (Å²) in [5, 5.41) is 2.89. The van der Waals surface area contributed by atoms with Crippen molar-refractivity contribution >= 4 is 11.5 Å². The van der Waals surface area contributed by atoms with E-state index < -0.39 is 5.82 Å². The van der Waals surface area contributed by atoms with Gasteiger partial charge in [0.2, 0.25) is 0 Å². The highest BCUT2D eigenvalue weighted by atomic mass is 19.1. The summed E-state index contributed by atoms with van der Waals surface area (Å²) >= 11 is 0. The van der Waals surface area contributed by atoms with Crippen molar-refractivity contribution in [2.75, 3.05) is 24.2 Å². The molecule has 0 amide bonds. The number of hydrogen-bond acceptors (Lipinski definition) is 5. The second-order valence-electron chi connectivity index (χ2n) is 4.18. The molecule has 0 saturated heterocycles. The van der Waals surface area contributed by atoms with Gasteiger partial charge in [0.15, 0.2) is 11.6 Å². The molecule has 106 valence electrons. The van der Waals surface area contributed by atoms with Crippen molar-refractivity contribution in [3.63, 3.8) is 0 Å². The van der Waals surface area contributed by atoms with Gasteiger partial charge in [-0.05, 0) is 18.6 Å². The summed E-state index contributed by atoms with van der Waals surface area (Å²) in [6.07, 6.45) is 1.88. The molecule has 6 heteroatoms. The maximum absolute atomic E-state index is 13.8. The zero-order chi connectivity index (χ0) is 14.4. The summed E-state index contributed by atoms with van der Waals surface area (Å²) < 4.78 is 19.3. The molecule has 0 unspecified atom stereocenters. The van der Waals surface area contributed by atoms with E-state index in [0.717, 1.165) is 0 Å². The molecule has 0 fully saturated rings. The first-order valence-electron chi connectivity index (χ1n) is 6.42. The Bertz CT molecular complexity index is 577. The molecule has 5 nitrogen and oxygen atoms in total. The average molecular weight is 276 g/mol. The fraction of sp³-hybridized carbons (Fsp3) is 0.286. The monoisotopic (exact) mass is 276 g/mol. The Morgan fingerprint density at radius 2 is 2.20 bits per heavy atom. The molecule has 0 saturated carbocycles. The minimum absolute atomic E-state index is 0.202. The summed E-state index contributed by atoms with van der Waals surface area (Å²) in [5.41, 5.74) is 6.69. The Hall–Kier alpha value is -2.37. The van der Waals surface area contributed by atoms with Crippen molar-refractivity contribution in [2.45, 2.75) is 13.3 Å². The van der Waals surface area contributed by atoms with Crippen LogP contribution in [-0.2, 0) is 6.42 Å². The van der Waals surface area contributed by atoms with Crippen LogP contribution in [0, 0.1) is 5.82 Å². The van der Waals surface area contributed by atoms with Gasteiger partial charge in [-0.2, -0.15) is 0 Å². The molecule has 0 radical (unpaired) electrons. The molecule has 1 aromatic heterocycles. The minimum Gasteiger partial charge on any atom is -0.492 e. The maximum Gasteiger partial charge on any atom is 0.186 e. The molecule has 1 heterocycles. The molecular weight excluding hydrogens is 259 g/mol. The smallest absolute Gasteiger partial charge is 0.186 e. The van der Waals surface area contributed by atoms with Gasteiger partial charge >= 0.3 is 0 Å². The minimum atomic E-state index is -0.404. The van der Waals surface area contributed by atoms with Crippen molar-refractivity contribution < 1.29 is 9.13 Å². The lowest BCUT2D eigenvalue weighted by Crippen LogP contribution is -2.14. The van der Waals surface area contributed by atoms with E-state index in [9.17, 15) is 4.39 Å². The van der Waals surface area contributed by atoms with Crippen LogP contribution in [0.4, 0.5) is 15.9 Å². The van der Waals surface area contributed by atoms with Crippen LogP contribution in [0.25, 0.3) is 0 Å². The van der Waals surface area contributed by atoms with Gasteiger partial charge < -0.3 is 15.8 Å². The van der Waals surface area contributed by atoms with E-state index in [-0.39, 0.29) is 5.82 Å². The van der Waals surface area contributed by atoms with Gasteiger partial charge in [-0.3, -0.25) is 0 Å². The number of rotatable bonds is 6. The van der Waals surface area contributed by atoms with E-state index in [2.05, 4.69) is 15.3 Å². The third-order valence-corrected chi connectivity index (χ3v) is 2.72. The summed E-state index contributed by atoms with van der Waals surface area (Å²) in [5.74, 6) is 0.483. The summed E-state index contributed by atoms with van der Waals surface area (Å²) in [7, 11) is 0. The van der Waals surface area contributed by atoms with E-state index in [4.69, 9.17) is 10.5 Å². The zero-order valence-corrected chi connectivity index (χ0v) is 11.3. The van der Waals surface area contributed by atoms with Gasteiger partial charge in [0.25, 0.3) is 0 Å². The van der Waals surface area contributed by atoms with E-state index >= 15 is 0 Å². The molecule has 0 aliphatic carbocycles. The second kappa shape index (κ2) is 6.70. The fourth-order valence-electron chi connectivity index (χ4n) is 1.72. The van der Waals surface area contributed by atoms with Gasteiger partial charge in [-0.1, -0.05) is 13.0 Å². The van der Waals surface area contributed by atoms with Crippen LogP contribution < -0.4 is 15.8 Å². The van der Waals surface area contributed by atoms with E-state index in [0.29, 0.717) is 36.7 Å². The number of benzene rings is 1. The average Bonchev–Trinajstić information content (AvgIpc) is 2.45. The molecule has 0 aliphatic rings. The standard InChI is InChI=1S/C14H17FN4O/c1-2-12-13(15)14(19-9-18-12)17-6-7-20-11-5-3-4-10(16)8-11/h3-5,8-9H,2,6-7,16H2,1H3,(H,17,18,19). The molecule has 20 heavy (non-hydrogen) atoms. The third-order valence-electron chi connectivity index (χ3n) is 2.72. The Balaban J connectivity index is 1.84. The lowest BCUT2D eigenvalue weighted by molar-refractivity contribution is 0.332. The number of nitrogens with one attached hydrogen (secondary N) is 1. The predicted molar refractivity (Wildman–Crippen MR) is 76.2 cm³/mol. The summed E-state index contributed by atoms with van der Waals surface area (Å²) in [4.78, 5) is 7.74. The first-order chi connectivity index (χ1) is 9.70. The SMILES string of the molecule is CCc1ncnc(NCCOc2cccc(N)c2)c1F. The highest BCUT2D eigenvalue weighted by Gasteiger charge is 2.08. The molecule has 0 aliphatic heterocycles. The Morgan fingerprint density at radius 1 is 1.35 bits per heavy atom. The van der Waals surface area contributed by atoms with Gasteiger partial charge in [-0.15, -0.1) is 0 Å². The number of hydrogen-bond donors (Lipinski definition) is 2. The van der Waals surface area contributed by atoms with Gasteiger partial charge in [0, 0.05) is 11.8 Å². The van der Waals surface area contributed by atoms with Crippen LogP contribution in [0.15, 0.2) is 30.6 Å². The lowest BCUT2D eigenvalue weighted by Gasteiger charge is -2.09. The summed E-state index contributed by atoms with van der Waals surface area (Å²) in [6.45, 7) is 2.67. The number of nitrogen functional groups attached to an aromatic ring is 1. The van der Waals surface area contributed by atoms with Crippen LogP contribution in [-0.4, -0.2) is 23.1 Å². The second-order valence-corrected chi connectivity index (χ2v) is 4.18. The zero-order valence-electron chi connectivity index (χ0n) is 11.3. The molecule has 2 rings (SSSR count). The quantitative estimate of drug-likeness (QED) is 0.625. The van der Waals surface area contributed by atoms with E-state index in [1.54, 1.807) is 12.1 Å². The number of anilines is 2. The maximum atomic E-state index is 13.8. The van der Waals surface area contributed by atoms with Crippen molar-refractivity contribution in [1.82, 2.24) is 9.97 Å². The molecule has 2 aromatic rings. The van der Waals surface area contributed by atoms with Gasteiger partial charge in [0.05, 0.1) is 12.2 Å². The van der Waals surface area contributed by atoms with Crippen molar-refractivity contribution in [3.8, 4) is 5.75 Å². The van der Waals surface area contributed by atoms with E-state index in [1.807, 2.05) is 19.1 Å². The number of nitrogens with two attached hydrogens (primary N) is 1. The van der Waals surface area contributed by atoms with Crippen LogP contribution in [0.2, 0.25) is 0 Å². The summed E-state index contributed by atoms with van der Waals surface area (Å²) in [6, 6.07) is 7.15. The number of ether oxygens (including phenoxy) is 1. The highest BCUT2D eigenvalue weighted by molar-refractivity contribution is 5.43. The van der Waals surface area contributed by atoms with Crippen LogP contribution >= 0.6 is 0 Å². The fourth-order valence-corrected chi connectivity index (χ4v) is 1.72. The Kier molecular flexibility index (Phi) is 4.70. The normalized spacial score (nSPS) is 10.3. The Labute approximate surface area is 117 Å².